The number of amides is 2. The van der Waals surface area contributed by atoms with Crippen molar-refractivity contribution < 1.29 is 29.0 Å². The molecular weight excluding hydrogens is 452 g/mol. The molecule has 2 aromatic rings. The Bertz CT molecular complexity index is 1120. The number of nitrogens with zero attached hydrogens (tertiary/aromatic N) is 1. The predicted octanol–water partition coefficient (Wildman–Crippen LogP) is 2.30. The number of carboxylic acids is 1. The Hall–Kier alpha value is -3.37. The van der Waals surface area contributed by atoms with Gasteiger partial charge in [-0.1, -0.05) is 42.2 Å². The van der Waals surface area contributed by atoms with Gasteiger partial charge >= 0.3 is 0 Å². The number of thiocarbonyl (C=S) groups is 1. The van der Waals surface area contributed by atoms with E-state index in [0.717, 1.165) is 17.3 Å². The number of nitrogens with one attached hydrogen (secondary N) is 1. The second-order valence-corrected chi connectivity index (χ2v) is 8.29. The van der Waals surface area contributed by atoms with Crippen LogP contribution in [0.1, 0.15) is 22.3 Å². The van der Waals surface area contributed by atoms with Crippen molar-refractivity contribution >= 4 is 57.8 Å². The van der Waals surface area contributed by atoms with Gasteiger partial charge in [-0.25, -0.2) is 0 Å². The Morgan fingerprint density at radius 1 is 1.16 bits per heavy atom. The molecule has 0 aromatic heterocycles. The molecule has 1 heterocycles. The van der Waals surface area contributed by atoms with Gasteiger partial charge in [0.05, 0.1) is 25.1 Å². The summed E-state index contributed by atoms with van der Waals surface area (Å²) in [6, 6.07) is 11.0. The molecule has 1 aliphatic heterocycles. The molecule has 1 fully saturated rings. The maximum absolute atomic E-state index is 12.8. The summed E-state index contributed by atoms with van der Waals surface area (Å²) in [5.41, 5.74) is 1.03. The van der Waals surface area contributed by atoms with E-state index in [-0.39, 0.29) is 30.3 Å². The molecule has 1 saturated heterocycles. The smallest absolute Gasteiger partial charge is 0.266 e. The molecule has 0 unspecified atom stereocenters. The molecule has 2 amide bonds. The highest BCUT2D eigenvalue weighted by Gasteiger charge is 2.32. The molecule has 8 nitrogen and oxygen atoms in total. The van der Waals surface area contributed by atoms with Gasteiger partial charge in [0.15, 0.2) is 11.5 Å². The van der Waals surface area contributed by atoms with Gasteiger partial charge in [0.2, 0.25) is 5.91 Å². The van der Waals surface area contributed by atoms with E-state index < -0.39 is 5.97 Å². The third-order valence-corrected chi connectivity index (χ3v) is 5.90. The maximum Gasteiger partial charge on any atom is 0.266 e. The van der Waals surface area contributed by atoms with Gasteiger partial charge < -0.3 is 24.7 Å². The molecule has 32 heavy (non-hydrogen) atoms. The minimum absolute atomic E-state index is 0.00831. The van der Waals surface area contributed by atoms with Gasteiger partial charge in [-0.15, -0.1) is 0 Å². The normalized spacial score (nSPS) is 14.6. The van der Waals surface area contributed by atoms with Gasteiger partial charge in [0.25, 0.3) is 5.91 Å². The SMILES string of the molecule is COc1ccc(C=C2SC(=S)N(CCC(=O)Nc3cccc(C(=O)[O-])c3)C2=O)cc1OC. The Balaban J connectivity index is 1.64. The fraction of sp³-hybridized carbons (Fsp3) is 0.182. The Morgan fingerprint density at radius 2 is 1.91 bits per heavy atom. The third-order valence-electron chi connectivity index (χ3n) is 4.52. The summed E-state index contributed by atoms with van der Waals surface area (Å²) in [5, 5.41) is 13.5. The number of rotatable bonds is 8. The lowest BCUT2D eigenvalue weighted by molar-refractivity contribution is -0.255. The Morgan fingerprint density at radius 3 is 2.59 bits per heavy atom. The average Bonchev–Trinajstić information content (AvgIpc) is 3.04. The van der Waals surface area contributed by atoms with E-state index in [9.17, 15) is 19.5 Å². The molecule has 0 bridgehead atoms. The van der Waals surface area contributed by atoms with Crippen LogP contribution in [-0.4, -0.2) is 47.8 Å². The van der Waals surface area contributed by atoms with Crippen molar-refractivity contribution in [2.45, 2.75) is 6.42 Å². The molecule has 0 atom stereocenters. The fourth-order valence-electron chi connectivity index (χ4n) is 2.95. The van der Waals surface area contributed by atoms with E-state index >= 15 is 0 Å². The molecule has 3 rings (SSSR count). The number of benzene rings is 2. The molecule has 0 aliphatic carbocycles. The van der Waals surface area contributed by atoms with Crippen molar-refractivity contribution in [1.29, 1.82) is 0 Å². The van der Waals surface area contributed by atoms with Crippen LogP contribution < -0.4 is 19.9 Å². The molecule has 2 aromatic carbocycles. The van der Waals surface area contributed by atoms with E-state index in [0.29, 0.717) is 26.4 Å². The molecule has 0 spiro atoms. The number of hydrogen-bond acceptors (Lipinski definition) is 8. The van der Waals surface area contributed by atoms with Crippen LogP contribution in [0.25, 0.3) is 6.08 Å². The summed E-state index contributed by atoms with van der Waals surface area (Å²) in [4.78, 5) is 37.8. The van der Waals surface area contributed by atoms with Crippen LogP contribution in [0.5, 0.6) is 11.5 Å². The largest absolute Gasteiger partial charge is 0.545 e. The van der Waals surface area contributed by atoms with E-state index in [1.165, 1.54) is 30.2 Å². The molecular formula is C22H19N2O6S2-. The second kappa shape index (κ2) is 10.3. The molecule has 166 valence electrons. The highest BCUT2D eigenvalue weighted by molar-refractivity contribution is 8.26. The van der Waals surface area contributed by atoms with Crippen molar-refractivity contribution in [2.75, 3.05) is 26.1 Å². The molecule has 0 radical (unpaired) electrons. The number of anilines is 1. The molecule has 10 heteroatoms. The van der Waals surface area contributed by atoms with E-state index in [1.807, 2.05) is 0 Å². The highest BCUT2D eigenvalue weighted by Crippen LogP contribution is 2.34. The van der Waals surface area contributed by atoms with Crippen molar-refractivity contribution in [3.63, 3.8) is 0 Å². The first kappa shape index (κ1) is 23.3. The van der Waals surface area contributed by atoms with Crippen LogP contribution in [0.2, 0.25) is 0 Å². The maximum atomic E-state index is 12.8. The Kier molecular flexibility index (Phi) is 7.49. The highest BCUT2D eigenvalue weighted by atomic mass is 32.2. The molecule has 1 aliphatic rings. The summed E-state index contributed by atoms with van der Waals surface area (Å²) < 4.78 is 10.9. The average molecular weight is 472 g/mol. The van der Waals surface area contributed by atoms with Crippen molar-refractivity contribution in [1.82, 2.24) is 4.90 Å². The van der Waals surface area contributed by atoms with Crippen LogP contribution in [0.4, 0.5) is 5.69 Å². The number of thioether (sulfide) groups is 1. The minimum atomic E-state index is -1.33. The minimum Gasteiger partial charge on any atom is -0.545 e. The van der Waals surface area contributed by atoms with Crippen molar-refractivity contribution in [3.8, 4) is 11.5 Å². The lowest BCUT2D eigenvalue weighted by Gasteiger charge is -2.14. The number of carbonyl (C=O) groups is 3. The van der Waals surface area contributed by atoms with Crippen LogP contribution in [0.15, 0.2) is 47.4 Å². The number of carbonyl (C=O) groups excluding carboxylic acids is 3. The standard InChI is InChI=1S/C22H20N2O6S2/c1-29-16-7-6-13(10-17(16)30-2)11-18-20(26)24(22(31)32-18)9-8-19(25)23-15-5-3-4-14(12-15)21(27)28/h3-7,10-12H,8-9H2,1-2H3,(H,23,25)(H,27,28)/p-1. The number of aromatic carboxylic acids is 1. The first-order valence-corrected chi connectivity index (χ1v) is 10.6. The lowest BCUT2D eigenvalue weighted by Crippen LogP contribution is -2.31. The van der Waals surface area contributed by atoms with Gasteiger partial charge in [-0.2, -0.15) is 0 Å². The van der Waals surface area contributed by atoms with Crippen LogP contribution in [0, 0.1) is 0 Å². The van der Waals surface area contributed by atoms with E-state index in [1.54, 1.807) is 37.5 Å². The van der Waals surface area contributed by atoms with E-state index in [4.69, 9.17) is 21.7 Å². The van der Waals surface area contributed by atoms with Crippen molar-refractivity contribution in [2.24, 2.45) is 0 Å². The summed E-state index contributed by atoms with van der Waals surface area (Å²) >= 11 is 6.46. The number of carboxylic acid groups (broad SMARTS) is 1. The van der Waals surface area contributed by atoms with Gasteiger partial charge in [-0.3, -0.25) is 14.5 Å². The zero-order valence-corrected chi connectivity index (χ0v) is 18.9. The monoisotopic (exact) mass is 471 g/mol. The van der Waals surface area contributed by atoms with E-state index in [2.05, 4.69) is 5.32 Å². The summed E-state index contributed by atoms with van der Waals surface area (Å²) in [6.45, 7) is 0.0972. The number of hydrogen-bond donors (Lipinski definition) is 1. The van der Waals surface area contributed by atoms with Crippen LogP contribution in [-0.2, 0) is 9.59 Å². The van der Waals surface area contributed by atoms with Gasteiger partial charge in [0.1, 0.15) is 4.32 Å². The number of ether oxygens (including phenoxy) is 2. The fourth-order valence-corrected chi connectivity index (χ4v) is 4.26. The summed E-state index contributed by atoms with van der Waals surface area (Å²) in [6.07, 6.45) is 1.69. The predicted molar refractivity (Wildman–Crippen MR) is 123 cm³/mol. The molecule has 1 N–H and O–H groups in total. The summed E-state index contributed by atoms with van der Waals surface area (Å²) in [5.74, 6) is -0.885. The third kappa shape index (κ3) is 5.45. The zero-order chi connectivity index (χ0) is 23.3. The van der Waals surface area contributed by atoms with Crippen LogP contribution >= 0.6 is 24.0 Å². The molecule has 0 saturated carbocycles. The van der Waals surface area contributed by atoms with Gasteiger partial charge in [0, 0.05) is 18.7 Å². The second-order valence-electron chi connectivity index (χ2n) is 6.61. The zero-order valence-electron chi connectivity index (χ0n) is 17.2. The first-order chi connectivity index (χ1) is 15.3. The quantitative estimate of drug-likeness (QED) is 0.462. The number of methoxy groups -OCH3 is 2. The van der Waals surface area contributed by atoms with Gasteiger partial charge in [-0.05, 0) is 41.5 Å². The summed E-state index contributed by atoms with van der Waals surface area (Å²) in [7, 11) is 3.07. The van der Waals surface area contributed by atoms with Crippen molar-refractivity contribution in [3.05, 3.63) is 58.5 Å². The topological polar surface area (TPSA) is 108 Å². The lowest BCUT2D eigenvalue weighted by atomic mass is 10.2. The Labute approximate surface area is 194 Å². The van der Waals surface area contributed by atoms with Crippen LogP contribution in [0.3, 0.4) is 0 Å². The first-order valence-electron chi connectivity index (χ1n) is 9.41.